The van der Waals surface area contributed by atoms with Gasteiger partial charge < -0.3 is 15.3 Å². The summed E-state index contributed by atoms with van der Waals surface area (Å²) in [6, 6.07) is 13.5. The molecule has 2 aromatic rings. The van der Waals surface area contributed by atoms with E-state index in [4.69, 9.17) is 0 Å². The van der Waals surface area contributed by atoms with Crippen LogP contribution in [0.1, 0.15) is 31.7 Å². The monoisotopic (exact) mass is 327 g/mol. The van der Waals surface area contributed by atoms with E-state index in [2.05, 4.69) is 17.2 Å². The summed E-state index contributed by atoms with van der Waals surface area (Å²) < 4.78 is 0. The van der Waals surface area contributed by atoms with Crippen molar-refractivity contribution in [2.24, 2.45) is 0 Å². The molecular formula is C19H25N3O2. The molecule has 24 heavy (non-hydrogen) atoms. The minimum absolute atomic E-state index is 0.503. The second-order valence-electron chi connectivity index (χ2n) is 5.83. The van der Waals surface area contributed by atoms with Gasteiger partial charge in [0.25, 0.3) is 0 Å². The van der Waals surface area contributed by atoms with E-state index in [9.17, 15) is 9.90 Å². The zero-order valence-corrected chi connectivity index (χ0v) is 14.3. The highest BCUT2D eigenvalue weighted by Gasteiger charge is 2.15. The highest BCUT2D eigenvalue weighted by molar-refractivity contribution is 5.73. The maximum absolute atomic E-state index is 11.2. The third-order valence-electron chi connectivity index (χ3n) is 3.99. The number of carboxylic acids is 1. The topological polar surface area (TPSA) is 65.5 Å². The number of carbonyl (C=O) groups is 1. The number of nitrogens with zero attached hydrogens (tertiary/aromatic N) is 2. The molecule has 1 heterocycles. The van der Waals surface area contributed by atoms with Gasteiger partial charge in [-0.25, -0.2) is 4.98 Å². The van der Waals surface area contributed by atoms with Crippen molar-refractivity contribution < 1.29 is 9.90 Å². The second kappa shape index (κ2) is 9.03. The van der Waals surface area contributed by atoms with Gasteiger partial charge in [0, 0.05) is 25.5 Å². The third-order valence-corrected chi connectivity index (χ3v) is 3.99. The van der Waals surface area contributed by atoms with Crippen molar-refractivity contribution in [1.82, 2.24) is 10.3 Å². The molecule has 0 fully saturated rings. The number of nitrogens with one attached hydrogen (secondary N) is 1. The Morgan fingerprint density at radius 3 is 2.58 bits per heavy atom. The number of rotatable bonds is 9. The molecule has 5 heteroatoms. The molecule has 1 aromatic heterocycles. The van der Waals surface area contributed by atoms with Crippen LogP contribution in [-0.2, 0) is 11.3 Å². The lowest BCUT2D eigenvalue weighted by Crippen LogP contribution is -2.36. The fourth-order valence-corrected chi connectivity index (χ4v) is 2.47. The van der Waals surface area contributed by atoms with E-state index in [0.29, 0.717) is 13.0 Å². The maximum Gasteiger partial charge on any atom is 0.320 e. The van der Waals surface area contributed by atoms with Crippen molar-refractivity contribution in [2.45, 2.75) is 38.8 Å². The van der Waals surface area contributed by atoms with Crippen molar-refractivity contribution in [3.63, 3.8) is 0 Å². The van der Waals surface area contributed by atoms with Crippen LogP contribution in [0.25, 0.3) is 0 Å². The fraction of sp³-hybridized carbons (Fsp3) is 0.368. The molecule has 1 aromatic carbocycles. The van der Waals surface area contributed by atoms with Gasteiger partial charge in [-0.2, -0.15) is 0 Å². The van der Waals surface area contributed by atoms with Crippen LogP contribution in [-0.4, -0.2) is 29.1 Å². The lowest BCUT2D eigenvalue weighted by Gasteiger charge is -2.19. The highest BCUT2D eigenvalue weighted by Crippen LogP contribution is 2.20. The normalized spacial score (nSPS) is 11.9. The largest absolute Gasteiger partial charge is 0.480 e. The molecule has 0 saturated carbocycles. The van der Waals surface area contributed by atoms with Crippen LogP contribution in [0, 0.1) is 0 Å². The fourth-order valence-electron chi connectivity index (χ4n) is 2.47. The van der Waals surface area contributed by atoms with Crippen LogP contribution >= 0.6 is 0 Å². The van der Waals surface area contributed by atoms with Gasteiger partial charge in [0.1, 0.15) is 11.9 Å². The second-order valence-corrected chi connectivity index (χ2v) is 5.83. The maximum atomic E-state index is 11.2. The highest BCUT2D eigenvalue weighted by atomic mass is 16.4. The van der Waals surface area contributed by atoms with Crippen molar-refractivity contribution in [3.05, 3.63) is 54.2 Å². The summed E-state index contributed by atoms with van der Waals surface area (Å²) in [5.41, 5.74) is 2.05. The molecule has 1 atom stereocenters. The molecule has 0 bridgehead atoms. The van der Waals surface area contributed by atoms with Crippen molar-refractivity contribution in [1.29, 1.82) is 0 Å². The average molecular weight is 327 g/mol. The molecule has 128 valence electrons. The van der Waals surface area contributed by atoms with E-state index >= 15 is 0 Å². The van der Waals surface area contributed by atoms with Crippen LogP contribution in [0.2, 0.25) is 0 Å². The molecule has 0 radical (unpaired) electrons. The van der Waals surface area contributed by atoms with Gasteiger partial charge in [-0.3, -0.25) is 4.79 Å². The smallest absolute Gasteiger partial charge is 0.320 e. The number of benzene rings is 1. The Kier molecular flexibility index (Phi) is 6.75. The summed E-state index contributed by atoms with van der Waals surface area (Å²) in [4.78, 5) is 17.7. The SMILES string of the molecule is CCCC[C@H](NCc1ccc(N(C)c2ccccc2)nc1)C(=O)O. The number of carboxylic acid groups (broad SMARTS) is 1. The summed E-state index contributed by atoms with van der Waals surface area (Å²) in [5.74, 6) is 0.0579. The molecule has 0 aliphatic carbocycles. The molecule has 0 aliphatic heterocycles. The molecule has 0 aliphatic rings. The van der Waals surface area contributed by atoms with E-state index in [1.807, 2.05) is 54.4 Å². The third kappa shape index (κ3) is 5.06. The Morgan fingerprint density at radius 2 is 2.00 bits per heavy atom. The van der Waals surface area contributed by atoms with E-state index in [-0.39, 0.29) is 0 Å². The molecule has 0 amide bonds. The first-order valence-corrected chi connectivity index (χ1v) is 8.31. The predicted molar refractivity (Wildman–Crippen MR) is 96.5 cm³/mol. The van der Waals surface area contributed by atoms with Gasteiger partial charge in [-0.1, -0.05) is 44.0 Å². The summed E-state index contributed by atoms with van der Waals surface area (Å²) >= 11 is 0. The molecule has 0 spiro atoms. The number of hydrogen-bond donors (Lipinski definition) is 2. The Bertz CT molecular complexity index is 629. The van der Waals surface area contributed by atoms with Crippen LogP contribution in [0.4, 0.5) is 11.5 Å². The lowest BCUT2D eigenvalue weighted by molar-refractivity contribution is -0.139. The molecule has 0 unspecified atom stereocenters. The van der Waals surface area contributed by atoms with Crippen molar-refractivity contribution in [2.75, 3.05) is 11.9 Å². The first-order valence-electron chi connectivity index (χ1n) is 8.31. The number of pyridine rings is 1. The van der Waals surface area contributed by atoms with Crippen molar-refractivity contribution >= 4 is 17.5 Å². The van der Waals surface area contributed by atoms with Gasteiger partial charge in [0.2, 0.25) is 0 Å². The Balaban J connectivity index is 1.95. The first kappa shape index (κ1) is 17.9. The van der Waals surface area contributed by atoms with Crippen LogP contribution in [0.15, 0.2) is 48.7 Å². The van der Waals surface area contributed by atoms with Gasteiger partial charge in [0.05, 0.1) is 0 Å². The Hall–Kier alpha value is -2.40. The van der Waals surface area contributed by atoms with Gasteiger partial charge in [-0.05, 0) is 30.2 Å². The van der Waals surface area contributed by atoms with Gasteiger partial charge in [-0.15, -0.1) is 0 Å². The molecule has 2 rings (SSSR count). The standard InChI is InChI=1S/C19H25N3O2/c1-3-4-10-17(19(23)24)20-13-15-11-12-18(21-14-15)22(2)16-8-6-5-7-9-16/h5-9,11-12,14,17,20H,3-4,10,13H2,1-2H3,(H,23,24)/t17-/m0/s1. The van der Waals surface area contributed by atoms with Crippen LogP contribution in [0.3, 0.4) is 0 Å². The number of aromatic nitrogens is 1. The van der Waals surface area contributed by atoms with Crippen LogP contribution in [0.5, 0.6) is 0 Å². The summed E-state index contributed by atoms with van der Waals surface area (Å²) in [7, 11) is 1.97. The number of aliphatic carboxylic acids is 1. The minimum Gasteiger partial charge on any atom is -0.480 e. The van der Waals surface area contributed by atoms with Crippen LogP contribution < -0.4 is 10.2 Å². The summed E-state index contributed by atoms with van der Waals surface area (Å²) in [6.07, 6.45) is 4.34. The predicted octanol–water partition coefficient (Wildman–Crippen LogP) is 3.58. The molecular weight excluding hydrogens is 302 g/mol. The number of anilines is 2. The zero-order chi connectivity index (χ0) is 17.4. The molecule has 0 saturated heterocycles. The number of unbranched alkanes of at least 4 members (excludes halogenated alkanes) is 1. The summed E-state index contributed by atoms with van der Waals surface area (Å²) in [5, 5.41) is 12.3. The lowest BCUT2D eigenvalue weighted by atomic mass is 10.1. The minimum atomic E-state index is -0.795. The van der Waals surface area contributed by atoms with E-state index in [1.54, 1.807) is 6.20 Å². The average Bonchev–Trinajstić information content (AvgIpc) is 2.62. The van der Waals surface area contributed by atoms with E-state index < -0.39 is 12.0 Å². The molecule has 5 nitrogen and oxygen atoms in total. The molecule has 2 N–H and O–H groups in total. The Morgan fingerprint density at radius 1 is 1.25 bits per heavy atom. The zero-order valence-electron chi connectivity index (χ0n) is 14.3. The quantitative estimate of drug-likeness (QED) is 0.737. The van der Waals surface area contributed by atoms with Gasteiger partial charge >= 0.3 is 5.97 Å². The van der Waals surface area contributed by atoms with E-state index in [1.165, 1.54) is 0 Å². The van der Waals surface area contributed by atoms with Crippen molar-refractivity contribution in [3.8, 4) is 0 Å². The Labute approximate surface area is 143 Å². The van der Waals surface area contributed by atoms with E-state index in [0.717, 1.165) is 29.9 Å². The number of para-hydroxylation sites is 1. The van der Waals surface area contributed by atoms with Gasteiger partial charge in [0.15, 0.2) is 0 Å². The summed E-state index contributed by atoms with van der Waals surface area (Å²) in [6.45, 7) is 2.56. The first-order chi connectivity index (χ1) is 11.6. The number of hydrogen-bond acceptors (Lipinski definition) is 4.